The second-order valence-corrected chi connectivity index (χ2v) is 8.59. The van der Waals surface area contributed by atoms with Crippen LogP contribution in [-0.4, -0.2) is 67.4 Å². The lowest BCUT2D eigenvalue weighted by Gasteiger charge is -2.34. The number of likely N-dealkylation sites (N-methyl/N-ethyl adjacent to an activating group) is 1. The van der Waals surface area contributed by atoms with Gasteiger partial charge in [0.2, 0.25) is 0 Å². The number of nitrogens with zero attached hydrogens (tertiary/aromatic N) is 3. The van der Waals surface area contributed by atoms with Gasteiger partial charge in [-0.25, -0.2) is 0 Å². The molecule has 168 valence electrons. The standard InChI is InChI=1S/C24H29ClN6O/c1-16(26-2)27-24(32)18-6-4-5-17(13-18)22-15-23(29-28-22)20-8-7-19(14-21(20)25)31-11-9-30(3)10-12-31/h4-8,13-16,26H,9-12H2,1-3H3,(H,27,32)(H,28,29). The van der Waals surface area contributed by atoms with Crippen LogP contribution >= 0.6 is 11.6 Å². The van der Waals surface area contributed by atoms with Crippen LogP contribution in [0, 0.1) is 0 Å². The number of halogens is 1. The maximum Gasteiger partial charge on any atom is 0.252 e. The van der Waals surface area contributed by atoms with Gasteiger partial charge in [-0.3, -0.25) is 9.89 Å². The Morgan fingerprint density at radius 3 is 2.62 bits per heavy atom. The summed E-state index contributed by atoms with van der Waals surface area (Å²) < 4.78 is 0. The Morgan fingerprint density at radius 1 is 1.12 bits per heavy atom. The van der Waals surface area contributed by atoms with Crippen molar-refractivity contribution in [2.45, 2.75) is 13.1 Å². The molecule has 1 aromatic heterocycles. The Labute approximate surface area is 193 Å². The molecule has 2 heterocycles. The number of piperazine rings is 1. The molecule has 1 fully saturated rings. The summed E-state index contributed by atoms with van der Waals surface area (Å²) in [6.45, 7) is 5.98. The van der Waals surface area contributed by atoms with Crippen molar-refractivity contribution < 1.29 is 4.79 Å². The number of aromatic nitrogens is 2. The number of H-pyrrole nitrogens is 1. The van der Waals surface area contributed by atoms with E-state index in [0.29, 0.717) is 10.6 Å². The van der Waals surface area contributed by atoms with Crippen LogP contribution in [0.15, 0.2) is 48.5 Å². The monoisotopic (exact) mass is 452 g/mol. The fourth-order valence-corrected chi connectivity index (χ4v) is 4.04. The van der Waals surface area contributed by atoms with Crippen LogP contribution in [0.4, 0.5) is 5.69 Å². The molecule has 0 radical (unpaired) electrons. The van der Waals surface area contributed by atoms with Crippen molar-refractivity contribution in [2.75, 3.05) is 45.2 Å². The molecule has 1 atom stereocenters. The van der Waals surface area contributed by atoms with Gasteiger partial charge in [-0.1, -0.05) is 23.7 Å². The van der Waals surface area contributed by atoms with Gasteiger partial charge in [0, 0.05) is 48.6 Å². The van der Waals surface area contributed by atoms with Crippen molar-refractivity contribution in [2.24, 2.45) is 0 Å². The summed E-state index contributed by atoms with van der Waals surface area (Å²) in [6, 6.07) is 15.6. The normalized spacial score (nSPS) is 15.6. The number of carbonyl (C=O) groups excluding carboxylic acids is 1. The molecular weight excluding hydrogens is 424 g/mol. The van der Waals surface area contributed by atoms with Gasteiger partial charge >= 0.3 is 0 Å². The first-order chi connectivity index (χ1) is 15.4. The van der Waals surface area contributed by atoms with Crippen LogP contribution in [0.25, 0.3) is 22.5 Å². The van der Waals surface area contributed by atoms with Crippen molar-refractivity contribution in [1.82, 2.24) is 25.7 Å². The van der Waals surface area contributed by atoms with Gasteiger partial charge in [-0.15, -0.1) is 0 Å². The first-order valence-electron chi connectivity index (χ1n) is 10.8. The summed E-state index contributed by atoms with van der Waals surface area (Å²) in [7, 11) is 3.95. The second-order valence-electron chi connectivity index (χ2n) is 8.19. The zero-order chi connectivity index (χ0) is 22.7. The van der Waals surface area contributed by atoms with Crippen LogP contribution in [-0.2, 0) is 0 Å². The van der Waals surface area contributed by atoms with Gasteiger partial charge in [0.1, 0.15) is 0 Å². The zero-order valence-corrected chi connectivity index (χ0v) is 19.4. The molecule has 3 aromatic rings. The number of nitrogens with one attached hydrogen (secondary N) is 3. The minimum atomic E-state index is -0.132. The quantitative estimate of drug-likeness (QED) is 0.499. The molecule has 0 saturated carbocycles. The van der Waals surface area contributed by atoms with Crippen LogP contribution in [0.3, 0.4) is 0 Å². The molecule has 1 amide bonds. The molecule has 1 unspecified atom stereocenters. The molecule has 7 nitrogen and oxygen atoms in total. The lowest BCUT2D eigenvalue weighted by atomic mass is 10.1. The molecule has 1 aliphatic rings. The number of anilines is 1. The highest BCUT2D eigenvalue weighted by molar-refractivity contribution is 6.33. The van der Waals surface area contributed by atoms with Gasteiger partial charge in [0.25, 0.3) is 5.91 Å². The number of carbonyl (C=O) groups is 1. The van der Waals surface area contributed by atoms with Crippen LogP contribution < -0.4 is 15.5 Å². The number of rotatable bonds is 6. The van der Waals surface area contributed by atoms with Crippen molar-refractivity contribution in [1.29, 1.82) is 0 Å². The predicted octanol–water partition coefficient (Wildman–Crippen LogP) is 3.44. The molecule has 0 spiro atoms. The lowest BCUT2D eigenvalue weighted by Crippen LogP contribution is -2.44. The number of amides is 1. The largest absolute Gasteiger partial charge is 0.369 e. The summed E-state index contributed by atoms with van der Waals surface area (Å²) in [6.07, 6.45) is -0.112. The number of aromatic amines is 1. The Balaban J connectivity index is 1.53. The fraction of sp³-hybridized carbons (Fsp3) is 0.333. The van der Waals surface area contributed by atoms with Crippen molar-refractivity contribution in [3.63, 3.8) is 0 Å². The van der Waals surface area contributed by atoms with Crippen LogP contribution in [0.5, 0.6) is 0 Å². The third-order valence-electron chi connectivity index (χ3n) is 5.89. The van der Waals surface area contributed by atoms with Gasteiger partial charge < -0.3 is 20.4 Å². The molecular formula is C24H29ClN6O. The SMILES string of the molecule is CNC(C)NC(=O)c1cccc(-c2cc(-c3ccc(N4CCN(C)CC4)cc3Cl)[nH]n2)c1. The molecule has 0 bridgehead atoms. The molecule has 32 heavy (non-hydrogen) atoms. The van der Waals surface area contributed by atoms with E-state index in [4.69, 9.17) is 11.6 Å². The molecule has 4 rings (SSSR count). The topological polar surface area (TPSA) is 76.3 Å². The summed E-state index contributed by atoms with van der Waals surface area (Å²) in [4.78, 5) is 17.1. The van der Waals surface area contributed by atoms with E-state index in [9.17, 15) is 4.79 Å². The lowest BCUT2D eigenvalue weighted by molar-refractivity contribution is 0.0935. The van der Waals surface area contributed by atoms with E-state index in [-0.39, 0.29) is 12.1 Å². The minimum absolute atomic E-state index is 0.112. The van der Waals surface area contributed by atoms with Crippen molar-refractivity contribution in [3.8, 4) is 22.5 Å². The van der Waals surface area contributed by atoms with E-state index in [0.717, 1.165) is 54.4 Å². The van der Waals surface area contributed by atoms with E-state index in [1.807, 2.05) is 43.3 Å². The van der Waals surface area contributed by atoms with Gasteiger partial charge in [0.15, 0.2) is 0 Å². The maximum atomic E-state index is 12.4. The zero-order valence-electron chi connectivity index (χ0n) is 18.7. The Hall–Kier alpha value is -2.87. The summed E-state index contributed by atoms with van der Waals surface area (Å²) in [5.41, 5.74) is 5.09. The van der Waals surface area contributed by atoms with E-state index >= 15 is 0 Å². The Kier molecular flexibility index (Phi) is 6.79. The van der Waals surface area contributed by atoms with E-state index in [1.54, 1.807) is 13.1 Å². The molecule has 3 N–H and O–H groups in total. The highest BCUT2D eigenvalue weighted by Crippen LogP contribution is 2.33. The third kappa shape index (κ3) is 4.96. The predicted molar refractivity (Wildman–Crippen MR) is 130 cm³/mol. The molecule has 1 saturated heterocycles. The first kappa shape index (κ1) is 22.3. The number of hydrogen-bond donors (Lipinski definition) is 3. The molecule has 2 aromatic carbocycles. The van der Waals surface area contributed by atoms with Crippen LogP contribution in [0.2, 0.25) is 5.02 Å². The van der Waals surface area contributed by atoms with E-state index in [1.165, 1.54) is 0 Å². The van der Waals surface area contributed by atoms with Gasteiger partial charge in [-0.2, -0.15) is 5.10 Å². The average Bonchev–Trinajstić information content (AvgIpc) is 3.29. The summed E-state index contributed by atoms with van der Waals surface area (Å²) in [5.74, 6) is -0.132. The van der Waals surface area contributed by atoms with Crippen molar-refractivity contribution >= 4 is 23.2 Å². The number of benzene rings is 2. The summed E-state index contributed by atoms with van der Waals surface area (Å²) >= 11 is 6.65. The van der Waals surface area contributed by atoms with Gasteiger partial charge in [-0.05, 0) is 57.4 Å². The Morgan fingerprint density at radius 2 is 1.91 bits per heavy atom. The highest BCUT2D eigenvalue weighted by Gasteiger charge is 2.17. The highest BCUT2D eigenvalue weighted by atomic mass is 35.5. The first-order valence-corrected chi connectivity index (χ1v) is 11.2. The minimum Gasteiger partial charge on any atom is -0.369 e. The fourth-order valence-electron chi connectivity index (χ4n) is 3.76. The average molecular weight is 453 g/mol. The van der Waals surface area contributed by atoms with Crippen molar-refractivity contribution in [3.05, 3.63) is 59.1 Å². The smallest absolute Gasteiger partial charge is 0.252 e. The Bertz CT molecular complexity index is 1090. The number of hydrogen-bond acceptors (Lipinski definition) is 5. The third-order valence-corrected chi connectivity index (χ3v) is 6.20. The van der Waals surface area contributed by atoms with E-state index in [2.05, 4.69) is 43.7 Å². The van der Waals surface area contributed by atoms with Gasteiger partial charge in [0.05, 0.1) is 22.6 Å². The molecule has 8 heteroatoms. The van der Waals surface area contributed by atoms with E-state index < -0.39 is 0 Å². The van der Waals surface area contributed by atoms with Crippen LogP contribution in [0.1, 0.15) is 17.3 Å². The maximum absolute atomic E-state index is 12.4. The molecule has 1 aliphatic heterocycles. The summed E-state index contributed by atoms with van der Waals surface area (Å²) in [5, 5.41) is 14.1. The molecule has 0 aliphatic carbocycles. The second kappa shape index (κ2) is 9.73.